The molecule has 0 spiro atoms. The summed E-state index contributed by atoms with van der Waals surface area (Å²) >= 11 is 0. The molecule has 1 aliphatic rings. The van der Waals surface area contributed by atoms with Crippen LogP contribution in [-0.2, 0) is 17.7 Å². The Morgan fingerprint density at radius 2 is 1.77 bits per heavy atom. The molecular weight excluding hydrogens is 503 g/mol. The van der Waals surface area contributed by atoms with E-state index in [4.69, 9.17) is 4.74 Å². The summed E-state index contributed by atoms with van der Waals surface area (Å²) in [5, 5.41) is 3.06. The zero-order chi connectivity index (χ0) is 28.2. The second-order valence-corrected chi connectivity index (χ2v) is 10.3. The van der Waals surface area contributed by atoms with Gasteiger partial charge in [-0.2, -0.15) is 0 Å². The highest BCUT2D eigenvalue weighted by atomic mass is 19.1. The minimum atomic E-state index is -0.349. The van der Waals surface area contributed by atoms with Gasteiger partial charge in [0.2, 0.25) is 0 Å². The molecule has 1 aliphatic heterocycles. The third-order valence-electron chi connectivity index (χ3n) is 7.57. The van der Waals surface area contributed by atoms with Crippen LogP contribution in [0.2, 0.25) is 0 Å². The molecule has 0 fully saturated rings. The SMILES string of the molecule is COC(=O)c1ccccc1-c1ccc(CN2CCCc3cc(C(=O)N[C@@H](C)c4ccc(F)cc4C)ccc32)cc1. The third kappa shape index (κ3) is 5.76. The first kappa shape index (κ1) is 27.1. The first-order valence-corrected chi connectivity index (χ1v) is 13.6. The molecule has 4 aromatic carbocycles. The summed E-state index contributed by atoms with van der Waals surface area (Å²) in [4.78, 5) is 27.6. The fourth-order valence-corrected chi connectivity index (χ4v) is 5.50. The van der Waals surface area contributed by atoms with E-state index in [9.17, 15) is 14.0 Å². The summed E-state index contributed by atoms with van der Waals surface area (Å²) in [5.41, 5.74) is 8.17. The van der Waals surface area contributed by atoms with Gasteiger partial charge in [-0.25, -0.2) is 9.18 Å². The van der Waals surface area contributed by atoms with E-state index in [1.807, 2.05) is 62.4 Å². The van der Waals surface area contributed by atoms with Gasteiger partial charge in [0.25, 0.3) is 5.91 Å². The van der Waals surface area contributed by atoms with Crippen molar-refractivity contribution in [1.82, 2.24) is 5.32 Å². The Labute approximate surface area is 234 Å². The van der Waals surface area contributed by atoms with Crippen LogP contribution in [0.15, 0.2) is 84.9 Å². The summed E-state index contributed by atoms with van der Waals surface area (Å²) in [5.74, 6) is -0.768. The second-order valence-electron chi connectivity index (χ2n) is 10.3. The quantitative estimate of drug-likeness (QED) is 0.258. The number of fused-ring (bicyclic) bond motifs is 1. The molecule has 1 amide bonds. The van der Waals surface area contributed by atoms with E-state index in [2.05, 4.69) is 22.3 Å². The number of anilines is 1. The van der Waals surface area contributed by atoms with Crippen molar-refractivity contribution in [3.8, 4) is 11.1 Å². The molecule has 40 heavy (non-hydrogen) atoms. The Kier molecular flexibility index (Phi) is 7.96. The first-order valence-electron chi connectivity index (χ1n) is 13.6. The van der Waals surface area contributed by atoms with Crippen molar-refractivity contribution >= 4 is 17.6 Å². The number of nitrogens with zero attached hydrogens (tertiary/aromatic N) is 1. The predicted octanol–water partition coefficient (Wildman–Crippen LogP) is 7.03. The van der Waals surface area contributed by atoms with Crippen LogP contribution in [-0.4, -0.2) is 25.5 Å². The monoisotopic (exact) mass is 536 g/mol. The molecule has 1 N–H and O–H groups in total. The molecule has 4 aromatic rings. The van der Waals surface area contributed by atoms with Crippen LogP contribution in [0.5, 0.6) is 0 Å². The van der Waals surface area contributed by atoms with Gasteiger partial charge < -0.3 is 15.0 Å². The third-order valence-corrected chi connectivity index (χ3v) is 7.57. The Morgan fingerprint density at radius 3 is 2.52 bits per heavy atom. The molecule has 0 bridgehead atoms. The lowest BCUT2D eigenvalue weighted by molar-refractivity contribution is 0.0601. The van der Waals surface area contributed by atoms with Gasteiger partial charge in [-0.3, -0.25) is 4.79 Å². The van der Waals surface area contributed by atoms with Crippen LogP contribution in [0, 0.1) is 12.7 Å². The number of aryl methyl sites for hydroxylation is 2. The van der Waals surface area contributed by atoms with Gasteiger partial charge >= 0.3 is 5.97 Å². The number of hydrogen-bond acceptors (Lipinski definition) is 4. The molecule has 0 aliphatic carbocycles. The van der Waals surface area contributed by atoms with Crippen LogP contribution in [0.4, 0.5) is 10.1 Å². The van der Waals surface area contributed by atoms with Gasteiger partial charge in [0.1, 0.15) is 5.82 Å². The number of esters is 1. The molecule has 0 saturated heterocycles. The van der Waals surface area contributed by atoms with Gasteiger partial charge in [-0.1, -0.05) is 48.5 Å². The van der Waals surface area contributed by atoms with Crippen molar-refractivity contribution in [3.63, 3.8) is 0 Å². The fraction of sp³-hybridized carbons (Fsp3) is 0.235. The number of nitrogens with one attached hydrogen (secondary N) is 1. The van der Waals surface area contributed by atoms with E-state index < -0.39 is 0 Å². The molecular formula is C34H33FN2O3. The number of ether oxygens (including phenoxy) is 1. The maximum absolute atomic E-state index is 13.5. The van der Waals surface area contributed by atoms with Crippen molar-refractivity contribution in [1.29, 1.82) is 0 Å². The molecule has 5 nitrogen and oxygen atoms in total. The van der Waals surface area contributed by atoms with Crippen LogP contribution in [0.25, 0.3) is 11.1 Å². The number of benzene rings is 4. The van der Waals surface area contributed by atoms with E-state index in [0.717, 1.165) is 65.0 Å². The maximum atomic E-state index is 13.5. The summed E-state index contributed by atoms with van der Waals surface area (Å²) in [6.07, 6.45) is 1.93. The van der Waals surface area contributed by atoms with E-state index in [-0.39, 0.29) is 23.7 Å². The number of carbonyl (C=O) groups is 2. The van der Waals surface area contributed by atoms with Crippen molar-refractivity contribution in [2.24, 2.45) is 0 Å². The minimum absolute atomic E-state index is 0.140. The molecule has 1 atom stereocenters. The molecule has 5 rings (SSSR count). The van der Waals surface area contributed by atoms with Crippen LogP contribution in [0.3, 0.4) is 0 Å². The molecule has 6 heteroatoms. The lowest BCUT2D eigenvalue weighted by atomic mass is 9.96. The lowest BCUT2D eigenvalue weighted by Crippen LogP contribution is -2.30. The van der Waals surface area contributed by atoms with Crippen molar-refractivity contribution < 1.29 is 18.7 Å². The van der Waals surface area contributed by atoms with Gasteiger partial charge in [-0.05, 0) is 96.5 Å². The first-order chi connectivity index (χ1) is 19.3. The number of carbonyl (C=O) groups excluding carboxylic acids is 2. The predicted molar refractivity (Wildman–Crippen MR) is 156 cm³/mol. The standard InChI is InChI=1S/C34H33FN2O3/c1-22-19-28(35)15-16-29(22)23(2)36-33(38)27-14-17-32-26(20-27)7-6-18-37(32)21-24-10-12-25(13-11-24)30-8-4-5-9-31(30)34(39)40-3/h4-5,8-17,19-20,23H,6-7,18,21H2,1-3H3,(H,36,38)/t23-/m0/s1. The Morgan fingerprint density at radius 1 is 1.00 bits per heavy atom. The minimum Gasteiger partial charge on any atom is -0.465 e. The molecule has 0 radical (unpaired) electrons. The number of rotatable bonds is 7. The fourth-order valence-electron chi connectivity index (χ4n) is 5.50. The Balaban J connectivity index is 1.29. The van der Waals surface area contributed by atoms with E-state index in [1.165, 1.54) is 19.2 Å². The van der Waals surface area contributed by atoms with E-state index in [1.54, 1.807) is 12.1 Å². The molecule has 1 heterocycles. The molecule has 204 valence electrons. The zero-order valence-electron chi connectivity index (χ0n) is 23.0. The maximum Gasteiger partial charge on any atom is 0.338 e. The van der Waals surface area contributed by atoms with Gasteiger partial charge in [0, 0.05) is 24.3 Å². The smallest absolute Gasteiger partial charge is 0.338 e. The summed E-state index contributed by atoms with van der Waals surface area (Å²) in [7, 11) is 1.39. The van der Waals surface area contributed by atoms with Gasteiger partial charge in [-0.15, -0.1) is 0 Å². The summed E-state index contributed by atoms with van der Waals surface area (Å²) in [6.45, 7) is 5.45. The molecule has 0 saturated carbocycles. The normalized spacial score (nSPS) is 13.3. The zero-order valence-corrected chi connectivity index (χ0v) is 23.0. The number of methoxy groups -OCH3 is 1. The second kappa shape index (κ2) is 11.7. The van der Waals surface area contributed by atoms with Crippen LogP contribution < -0.4 is 10.2 Å². The van der Waals surface area contributed by atoms with Crippen LogP contribution in [0.1, 0.15) is 62.4 Å². The summed E-state index contributed by atoms with van der Waals surface area (Å²) < 4.78 is 18.4. The highest BCUT2D eigenvalue weighted by molar-refractivity contribution is 5.97. The Hall–Kier alpha value is -4.45. The van der Waals surface area contributed by atoms with Crippen LogP contribution >= 0.6 is 0 Å². The van der Waals surface area contributed by atoms with Crippen molar-refractivity contribution in [3.05, 3.63) is 124 Å². The van der Waals surface area contributed by atoms with Crippen molar-refractivity contribution in [2.75, 3.05) is 18.6 Å². The number of amides is 1. The number of halogens is 1. The molecule has 0 aromatic heterocycles. The summed E-state index contributed by atoms with van der Waals surface area (Å²) in [6, 6.07) is 26.0. The van der Waals surface area contributed by atoms with E-state index in [0.29, 0.717) is 11.1 Å². The average Bonchev–Trinajstić information content (AvgIpc) is 2.97. The lowest BCUT2D eigenvalue weighted by Gasteiger charge is -2.32. The molecule has 0 unspecified atom stereocenters. The van der Waals surface area contributed by atoms with Gasteiger partial charge in [0.15, 0.2) is 0 Å². The van der Waals surface area contributed by atoms with E-state index >= 15 is 0 Å². The largest absolute Gasteiger partial charge is 0.465 e. The number of hydrogen-bond donors (Lipinski definition) is 1. The van der Waals surface area contributed by atoms with Crippen molar-refractivity contribution in [2.45, 2.75) is 39.3 Å². The topological polar surface area (TPSA) is 58.6 Å². The highest BCUT2D eigenvalue weighted by Crippen LogP contribution is 2.31. The highest BCUT2D eigenvalue weighted by Gasteiger charge is 2.20. The van der Waals surface area contributed by atoms with Gasteiger partial charge in [0.05, 0.1) is 18.7 Å². The Bertz CT molecular complexity index is 1550. The average molecular weight is 537 g/mol.